The minimum atomic E-state index is -0.474. The van der Waals surface area contributed by atoms with E-state index in [-0.39, 0.29) is 11.6 Å². The van der Waals surface area contributed by atoms with E-state index in [1.807, 2.05) is 60.7 Å². The third-order valence-corrected chi connectivity index (χ3v) is 3.84. The molecule has 2 aliphatic rings. The standard InChI is InChI=1S/C15H12N2O.C6H4O2/c16-15(18)17-13-7-3-1-5-11(13)9-10-12-6-2-4-8-14(12)17;7-5-1-2-6(8)4-3-5/h1-10H,(H2,16,18);1-4H. The molecule has 128 valence electrons. The summed E-state index contributed by atoms with van der Waals surface area (Å²) in [5.41, 5.74) is 9.11. The summed E-state index contributed by atoms with van der Waals surface area (Å²) in [5, 5.41) is 0. The van der Waals surface area contributed by atoms with E-state index in [2.05, 4.69) is 0 Å². The van der Waals surface area contributed by atoms with Gasteiger partial charge in [0, 0.05) is 0 Å². The van der Waals surface area contributed by atoms with Crippen molar-refractivity contribution in [2.45, 2.75) is 0 Å². The Morgan fingerprint density at radius 1 is 0.654 bits per heavy atom. The van der Waals surface area contributed by atoms with Crippen LogP contribution in [0.3, 0.4) is 0 Å². The molecule has 5 heteroatoms. The molecule has 0 radical (unpaired) electrons. The lowest BCUT2D eigenvalue weighted by molar-refractivity contribution is -0.113. The number of para-hydroxylation sites is 2. The number of carbonyl (C=O) groups excluding carboxylic acids is 3. The van der Waals surface area contributed by atoms with Gasteiger partial charge in [-0.1, -0.05) is 48.6 Å². The zero-order valence-electron chi connectivity index (χ0n) is 13.8. The van der Waals surface area contributed by atoms with Gasteiger partial charge in [0.05, 0.1) is 11.4 Å². The summed E-state index contributed by atoms with van der Waals surface area (Å²) in [6.07, 6.45) is 9.00. The van der Waals surface area contributed by atoms with Crippen LogP contribution in [0.4, 0.5) is 16.2 Å². The first-order valence-corrected chi connectivity index (χ1v) is 7.96. The lowest BCUT2D eigenvalue weighted by Gasteiger charge is -2.22. The molecule has 0 aromatic heterocycles. The first-order chi connectivity index (χ1) is 12.6. The number of hydrogen-bond acceptors (Lipinski definition) is 3. The van der Waals surface area contributed by atoms with Crippen LogP contribution in [0.2, 0.25) is 0 Å². The van der Waals surface area contributed by atoms with Crippen molar-refractivity contribution in [3.63, 3.8) is 0 Å². The Balaban J connectivity index is 0.000000206. The van der Waals surface area contributed by atoms with Gasteiger partial charge in [-0.15, -0.1) is 0 Å². The number of nitrogens with two attached hydrogens (primary N) is 1. The molecule has 0 atom stereocenters. The number of hydrogen-bond donors (Lipinski definition) is 1. The van der Waals surface area contributed by atoms with Gasteiger partial charge in [-0.2, -0.15) is 0 Å². The largest absolute Gasteiger partial charge is 0.351 e. The molecule has 0 spiro atoms. The van der Waals surface area contributed by atoms with E-state index in [4.69, 9.17) is 5.73 Å². The highest BCUT2D eigenvalue weighted by Crippen LogP contribution is 2.35. The van der Waals surface area contributed by atoms with Gasteiger partial charge in [0.25, 0.3) is 0 Å². The molecule has 2 aromatic carbocycles. The smallest absolute Gasteiger partial charge is 0.323 e. The summed E-state index contributed by atoms with van der Waals surface area (Å²) in [6.45, 7) is 0. The highest BCUT2D eigenvalue weighted by molar-refractivity contribution is 6.14. The first-order valence-electron chi connectivity index (χ1n) is 7.96. The number of ketones is 2. The number of benzene rings is 2. The van der Waals surface area contributed by atoms with Crippen molar-refractivity contribution in [3.05, 3.63) is 84.0 Å². The normalized spacial score (nSPS) is 14.1. The van der Waals surface area contributed by atoms with Gasteiger partial charge in [0.1, 0.15) is 0 Å². The number of carbonyl (C=O) groups is 3. The quantitative estimate of drug-likeness (QED) is 0.741. The maximum atomic E-state index is 11.8. The van der Waals surface area contributed by atoms with Gasteiger partial charge in [-0.3, -0.25) is 14.5 Å². The number of nitrogens with zero attached hydrogens (tertiary/aromatic N) is 1. The van der Waals surface area contributed by atoms with Crippen molar-refractivity contribution in [3.8, 4) is 0 Å². The van der Waals surface area contributed by atoms with E-state index in [0.717, 1.165) is 22.5 Å². The van der Waals surface area contributed by atoms with Crippen molar-refractivity contribution in [2.75, 3.05) is 4.90 Å². The molecule has 5 nitrogen and oxygen atoms in total. The minimum Gasteiger partial charge on any atom is -0.351 e. The van der Waals surface area contributed by atoms with Crippen molar-refractivity contribution >= 4 is 41.1 Å². The summed E-state index contributed by atoms with van der Waals surface area (Å²) in [6, 6.07) is 14.9. The fourth-order valence-corrected chi connectivity index (χ4v) is 2.65. The molecule has 2 N–H and O–H groups in total. The van der Waals surface area contributed by atoms with E-state index in [0.29, 0.717) is 0 Å². The van der Waals surface area contributed by atoms with Crippen molar-refractivity contribution in [1.29, 1.82) is 0 Å². The Labute approximate surface area is 150 Å². The molecule has 4 rings (SSSR count). The molecule has 0 saturated carbocycles. The molecular formula is C21H16N2O3. The number of allylic oxidation sites excluding steroid dienone is 4. The number of urea groups is 1. The van der Waals surface area contributed by atoms with E-state index >= 15 is 0 Å². The average Bonchev–Trinajstić information content (AvgIpc) is 2.81. The van der Waals surface area contributed by atoms with Crippen molar-refractivity contribution < 1.29 is 14.4 Å². The van der Waals surface area contributed by atoms with Crippen molar-refractivity contribution in [2.24, 2.45) is 5.73 Å². The Hall–Kier alpha value is -3.73. The van der Waals surface area contributed by atoms with Crippen molar-refractivity contribution in [1.82, 2.24) is 0 Å². The number of fused-ring (bicyclic) bond motifs is 2. The Morgan fingerprint density at radius 2 is 1.04 bits per heavy atom. The number of rotatable bonds is 0. The fourth-order valence-electron chi connectivity index (χ4n) is 2.65. The molecule has 1 heterocycles. The van der Waals surface area contributed by atoms with E-state index in [1.54, 1.807) is 4.90 Å². The lowest BCUT2D eigenvalue weighted by atomic mass is 10.1. The van der Waals surface area contributed by atoms with Crippen LogP contribution in [-0.4, -0.2) is 17.6 Å². The van der Waals surface area contributed by atoms with Crippen LogP contribution in [0.15, 0.2) is 72.8 Å². The lowest BCUT2D eigenvalue weighted by Crippen LogP contribution is -2.32. The highest BCUT2D eigenvalue weighted by Gasteiger charge is 2.21. The maximum absolute atomic E-state index is 11.8. The van der Waals surface area contributed by atoms with Crippen LogP contribution in [0.1, 0.15) is 11.1 Å². The predicted octanol–water partition coefficient (Wildman–Crippen LogP) is 3.64. The predicted molar refractivity (Wildman–Crippen MR) is 102 cm³/mol. The summed E-state index contributed by atoms with van der Waals surface area (Å²) in [7, 11) is 0. The van der Waals surface area contributed by atoms with Crippen LogP contribution < -0.4 is 10.6 Å². The van der Waals surface area contributed by atoms with Gasteiger partial charge in [-0.25, -0.2) is 4.79 Å². The van der Waals surface area contributed by atoms with E-state index in [1.165, 1.54) is 24.3 Å². The fraction of sp³-hybridized carbons (Fsp3) is 0. The molecule has 1 aliphatic heterocycles. The zero-order chi connectivity index (χ0) is 18.5. The molecule has 0 bridgehead atoms. The summed E-state index contributed by atoms with van der Waals surface area (Å²) in [4.78, 5) is 33.9. The summed E-state index contributed by atoms with van der Waals surface area (Å²) < 4.78 is 0. The number of primary amides is 1. The monoisotopic (exact) mass is 344 g/mol. The number of amides is 2. The molecular weight excluding hydrogens is 328 g/mol. The molecule has 0 unspecified atom stereocenters. The third-order valence-electron chi connectivity index (χ3n) is 3.84. The Morgan fingerprint density at radius 3 is 1.42 bits per heavy atom. The minimum absolute atomic E-state index is 0.121. The first kappa shape index (κ1) is 17.1. The molecule has 26 heavy (non-hydrogen) atoms. The maximum Gasteiger partial charge on any atom is 0.323 e. The molecule has 2 aromatic rings. The van der Waals surface area contributed by atoms with Crippen LogP contribution in [0.5, 0.6) is 0 Å². The van der Waals surface area contributed by atoms with Gasteiger partial charge in [0.2, 0.25) is 0 Å². The van der Waals surface area contributed by atoms with Gasteiger partial charge < -0.3 is 5.73 Å². The second-order valence-corrected chi connectivity index (χ2v) is 5.60. The molecule has 2 amide bonds. The molecule has 0 fully saturated rings. The SMILES string of the molecule is NC(=O)N1c2ccccc2C=Cc2ccccc21.O=C1C=CC(=O)C=C1. The van der Waals surface area contributed by atoms with Crippen LogP contribution in [0.25, 0.3) is 12.2 Å². The van der Waals surface area contributed by atoms with Gasteiger partial charge >= 0.3 is 6.03 Å². The average molecular weight is 344 g/mol. The summed E-state index contributed by atoms with van der Waals surface area (Å²) in [5.74, 6) is -0.241. The second-order valence-electron chi connectivity index (χ2n) is 5.60. The van der Waals surface area contributed by atoms with Gasteiger partial charge in [0.15, 0.2) is 11.6 Å². The topological polar surface area (TPSA) is 80.5 Å². The van der Waals surface area contributed by atoms with Crippen LogP contribution >= 0.6 is 0 Å². The van der Waals surface area contributed by atoms with E-state index in [9.17, 15) is 14.4 Å². The summed E-state index contributed by atoms with van der Waals surface area (Å²) >= 11 is 0. The molecule has 1 aliphatic carbocycles. The Kier molecular flexibility index (Phi) is 4.90. The molecule has 0 saturated heterocycles. The van der Waals surface area contributed by atoms with Crippen LogP contribution in [0, 0.1) is 0 Å². The Bertz CT molecular complexity index is 883. The number of anilines is 2. The van der Waals surface area contributed by atoms with Crippen LogP contribution in [-0.2, 0) is 9.59 Å². The zero-order valence-corrected chi connectivity index (χ0v) is 13.8. The highest BCUT2D eigenvalue weighted by atomic mass is 16.2. The third kappa shape index (κ3) is 3.67. The van der Waals surface area contributed by atoms with E-state index < -0.39 is 6.03 Å². The van der Waals surface area contributed by atoms with Gasteiger partial charge in [-0.05, 0) is 47.6 Å². The second kappa shape index (κ2) is 7.44.